The average Bonchev–Trinajstić information content (AvgIpc) is 3.00. The summed E-state index contributed by atoms with van der Waals surface area (Å²) in [6.45, 7) is 2.95. The maximum atomic E-state index is 11.3. The molecule has 0 spiro atoms. The molecule has 1 aromatic heterocycles. The number of carbonyl (C=O) groups excluding carboxylic acids is 1. The molecule has 0 saturated carbocycles. The highest BCUT2D eigenvalue weighted by Gasteiger charge is 2.07. The zero-order valence-electron chi connectivity index (χ0n) is 11.8. The molecule has 7 nitrogen and oxygen atoms in total. The predicted molar refractivity (Wildman–Crippen MR) is 76.7 cm³/mol. The first kappa shape index (κ1) is 14.9. The van der Waals surface area contributed by atoms with Gasteiger partial charge in [0.1, 0.15) is 11.5 Å². The maximum absolute atomic E-state index is 11.3. The van der Waals surface area contributed by atoms with Gasteiger partial charge in [0, 0.05) is 6.20 Å². The van der Waals surface area contributed by atoms with E-state index in [2.05, 4.69) is 12.0 Å². The zero-order chi connectivity index (χ0) is 15.1. The van der Waals surface area contributed by atoms with Crippen molar-refractivity contribution in [2.24, 2.45) is 5.84 Å². The van der Waals surface area contributed by atoms with Crippen LogP contribution in [-0.2, 0) is 6.73 Å². The minimum absolute atomic E-state index is 0.201. The molecule has 112 valence electrons. The van der Waals surface area contributed by atoms with E-state index in [0.29, 0.717) is 12.4 Å². The molecule has 21 heavy (non-hydrogen) atoms. The summed E-state index contributed by atoms with van der Waals surface area (Å²) in [6.07, 6.45) is 2.61. The summed E-state index contributed by atoms with van der Waals surface area (Å²) < 4.78 is 12.6. The van der Waals surface area contributed by atoms with E-state index in [0.717, 1.165) is 12.2 Å². The lowest BCUT2D eigenvalue weighted by Gasteiger charge is -2.08. The van der Waals surface area contributed by atoms with Crippen molar-refractivity contribution in [1.82, 2.24) is 15.2 Å². The fourth-order valence-corrected chi connectivity index (χ4v) is 1.62. The molecule has 0 aliphatic carbocycles. The lowest BCUT2D eigenvalue weighted by atomic mass is 10.3. The van der Waals surface area contributed by atoms with Crippen LogP contribution < -0.4 is 20.7 Å². The molecule has 0 bridgehead atoms. The van der Waals surface area contributed by atoms with Gasteiger partial charge in [-0.3, -0.25) is 10.2 Å². The molecule has 0 fully saturated rings. The first-order valence-electron chi connectivity index (χ1n) is 6.63. The summed E-state index contributed by atoms with van der Waals surface area (Å²) in [5, 5.41) is 4.03. The van der Waals surface area contributed by atoms with Crippen molar-refractivity contribution in [1.29, 1.82) is 0 Å². The van der Waals surface area contributed by atoms with Crippen molar-refractivity contribution in [2.45, 2.75) is 20.1 Å². The summed E-state index contributed by atoms with van der Waals surface area (Å²) in [6, 6.07) is 8.90. The van der Waals surface area contributed by atoms with Crippen LogP contribution >= 0.6 is 0 Å². The molecule has 0 atom stereocenters. The van der Waals surface area contributed by atoms with Crippen molar-refractivity contribution in [3.05, 3.63) is 42.2 Å². The van der Waals surface area contributed by atoms with Gasteiger partial charge in [-0.15, -0.1) is 0 Å². The second-order valence-corrected chi connectivity index (χ2v) is 4.31. The maximum Gasteiger partial charge on any atom is 0.285 e. The monoisotopic (exact) mass is 290 g/mol. The summed E-state index contributed by atoms with van der Waals surface area (Å²) in [5.74, 6) is 6.10. The molecule has 3 N–H and O–H groups in total. The molecule has 0 aliphatic rings. The smallest absolute Gasteiger partial charge is 0.285 e. The number of aromatic nitrogens is 2. The van der Waals surface area contributed by atoms with Gasteiger partial charge in [-0.05, 0) is 36.8 Å². The Morgan fingerprint density at radius 1 is 1.24 bits per heavy atom. The Morgan fingerprint density at radius 3 is 2.52 bits per heavy atom. The molecule has 0 saturated heterocycles. The van der Waals surface area contributed by atoms with Crippen LogP contribution in [0.25, 0.3) is 0 Å². The van der Waals surface area contributed by atoms with Crippen LogP contribution in [0.5, 0.6) is 11.5 Å². The Hall–Kier alpha value is -2.54. The molecule has 0 aliphatic heterocycles. The fraction of sp³-hybridized carbons (Fsp3) is 0.286. The molecule has 1 amide bonds. The predicted octanol–water partition coefficient (Wildman–Crippen LogP) is 1.31. The number of amides is 1. The van der Waals surface area contributed by atoms with Crippen LogP contribution in [0.15, 0.2) is 36.5 Å². The number of hydrogen-bond donors (Lipinski definition) is 2. The van der Waals surface area contributed by atoms with E-state index in [1.54, 1.807) is 12.3 Å². The second kappa shape index (κ2) is 7.30. The van der Waals surface area contributed by atoms with E-state index in [1.807, 2.05) is 29.7 Å². The van der Waals surface area contributed by atoms with Crippen molar-refractivity contribution >= 4 is 5.91 Å². The molecule has 1 heterocycles. The van der Waals surface area contributed by atoms with E-state index >= 15 is 0 Å². The van der Waals surface area contributed by atoms with E-state index in [9.17, 15) is 4.79 Å². The number of hydrazine groups is 1. The lowest BCUT2D eigenvalue weighted by molar-refractivity contribution is 0.0946. The summed E-state index contributed by atoms with van der Waals surface area (Å²) >= 11 is 0. The van der Waals surface area contributed by atoms with Gasteiger partial charge in [-0.1, -0.05) is 6.92 Å². The van der Waals surface area contributed by atoms with Crippen LogP contribution in [0.3, 0.4) is 0 Å². The Labute approximate surface area is 122 Å². The number of hydrogen-bond acceptors (Lipinski definition) is 5. The third-order valence-electron chi connectivity index (χ3n) is 2.66. The molecule has 7 heteroatoms. The zero-order valence-corrected chi connectivity index (χ0v) is 11.8. The van der Waals surface area contributed by atoms with E-state index in [4.69, 9.17) is 15.3 Å². The summed E-state index contributed by atoms with van der Waals surface area (Å²) in [7, 11) is 0. The molecule has 1 aromatic carbocycles. The standard InChI is InChI=1S/C14H18N4O3/c1-2-9-20-11-3-5-12(6-4-11)21-10-18-8-7-13(17-18)14(19)16-15/h3-8H,2,9-10,15H2,1H3,(H,16,19). The van der Waals surface area contributed by atoms with Gasteiger partial charge in [-0.2, -0.15) is 5.10 Å². The number of nitrogens with zero attached hydrogens (tertiary/aromatic N) is 2. The van der Waals surface area contributed by atoms with Gasteiger partial charge in [-0.25, -0.2) is 10.5 Å². The first-order chi connectivity index (χ1) is 10.2. The first-order valence-corrected chi connectivity index (χ1v) is 6.63. The van der Waals surface area contributed by atoms with Gasteiger partial charge in [0.05, 0.1) is 6.61 Å². The van der Waals surface area contributed by atoms with Crippen LogP contribution in [0, 0.1) is 0 Å². The number of nitrogens with two attached hydrogens (primary N) is 1. The fourth-order valence-electron chi connectivity index (χ4n) is 1.62. The number of nitrogen functional groups attached to an aromatic ring is 1. The lowest BCUT2D eigenvalue weighted by Crippen LogP contribution is -2.30. The van der Waals surface area contributed by atoms with E-state index in [1.165, 1.54) is 4.68 Å². The Kier molecular flexibility index (Phi) is 5.16. The van der Waals surface area contributed by atoms with Crippen molar-refractivity contribution in [2.75, 3.05) is 6.61 Å². The van der Waals surface area contributed by atoms with Crippen LogP contribution in [0.1, 0.15) is 23.8 Å². The Balaban J connectivity index is 1.87. The number of rotatable bonds is 7. The quantitative estimate of drug-likeness (QED) is 0.456. The normalized spacial score (nSPS) is 10.2. The van der Waals surface area contributed by atoms with E-state index < -0.39 is 5.91 Å². The third-order valence-corrected chi connectivity index (χ3v) is 2.66. The molecule has 2 rings (SSSR count). The second-order valence-electron chi connectivity index (χ2n) is 4.31. The molecule has 0 radical (unpaired) electrons. The van der Waals surface area contributed by atoms with Crippen molar-refractivity contribution < 1.29 is 14.3 Å². The minimum atomic E-state index is -0.439. The average molecular weight is 290 g/mol. The summed E-state index contributed by atoms with van der Waals surface area (Å²) in [4.78, 5) is 11.3. The molecule has 2 aromatic rings. The molecular weight excluding hydrogens is 272 g/mol. The van der Waals surface area contributed by atoms with Crippen LogP contribution in [0.2, 0.25) is 0 Å². The minimum Gasteiger partial charge on any atom is -0.494 e. The van der Waals surface area contributed by atoms with Gasteiger partial charge >= 0.3 is 0 Å². The van der Waals surface area contributed by atoms with Crippen LogP contribution in [0.4, 0.5) is 0 Å². The highest BCUT2D eigenvalue weighted by Crippen LogP contribution is 2.18. The topological polar surface area (TPSA) is 91.4 Å². The van der Waals surface area contributed by atoms with Gasteiger partial charge in [0.15, 0.2) is 12.4 Å². The molecule has 0 unspecified atom stereocenters. The highest BCUT2D eigenvalue weighted by atomic mass is 16.5. The van der Waals surface area contributed by atoms with Gasteiger partial charge in [0.2, 0.25) is 0 Å². The largest absolute Gasteiger partial charge is 0.494 e. The van der Waals surface area contributed by atoms with Gasteiger partial charge in [0.25, 0.3) is 5.91 Å². The highest BCUT2D eigenvalue weighted by molar-refractivity contribution is 5.91. The number of ether oxygens (including phenoxy) is 2. The third kappa shape index (κ3) is 4.22. The number of nitrogens with one attached hydrogen (secondary N) is 1. The van der Waals surface area contributed by atoms with E-state index in [-0.39, 0.29) is 12.4 Å². The van der Waals surface area contributed by atoms with Crippen molar-refractivity contribution in [3.8, 4) is 11.5 Å². The van der Waals surface area contributed by atoms with Crippen LogP contribution in [-0.4, -0.2) is 22.3 Å². The Bertz CT molecular complexity index is 580. The number of carbonyl (C=O) groups is 1. The Morgan fingerprint density at radius 2 is 1.90 bits per heavy atom. The molecular formula is C14H18N4O3. The SMILES string of the molecule is CCCOc1ccc(OCn2ccc(C(=O)NN)n2)cc1. The van der Waals surface area contributed by atoms with Crippen molar-refractivity contribution in [3.63, 3.8) is 0 Å². The number of benzene rings is 1. The summed E-state index contributed by atoms with van der Waals surface area (Å²) in [5.41, 5.74) is 2.26. The van der Waals surface area contributed by atoms with Gasteiger partial charge < -0.3 is 9.47 Å².